The number of thiophene rings is 1. The number of nitrogens with zero attached hydrogens (tertiary/aromatic N) is 3. The Hall–Kier alpha value is -2.51. The van der Waals surface area contributed by atoms with Crippen molar-refractivity contribution in [3.8, 4) is 0 Å². The van der Waals surface area contributed by atoms with Crippen LogP contribution in [0.25, 0.3) is 10.9 Å². The zero-order valence-electron chi connectivity index (χ0n) is 15.1. The summed E-state index contributed by atoms with van der Waals surface area (Å²) in [5.41, 5.74) is 2.07. The molecule has 3 heterocycles. The second-order valence-electron chi connectivity index (χ2n) is 6.84. The van der Waals surface area contributed by atoms with Gasteiger partial charge in [-0.05, 0) is 53.4 Å². The summed E-state index contributed by atoms with van der Waals surface area (Å²) >= 11 is 1.62. The van der Waals surface area contributed by atoms with Gasteiger partial charge in [0, 0.05) is 32.3 Å². The molecule has 1 aliphatic rings. The highest BCUT2D eigenvalue weighted by Gasteiger charge is 2.24. The Morgan fingerprint density at radius 3 is 3.04 bits per heavy atom. The van der Waals surface area contributed by atoms with Gasteiger partial charge in [-0.1, -0.05) is 0 Å². The first-order valence-corrected chi connectivity index (χ1v) is 9.93. The van der Waals surface area contributed by atoms with Crippen LogP contribution in [0.1, 0.15) is 28.8 Å². The normalized spacial score (nSPS) is 16.7. The minimum Gasteiger partial charge on any atom is -0.376 e. The molecule has 1 atom stereocenters. The van der Waals surface area contributed by atoms with Crippen molar-refractivity contribution < 1.29 is 9.53 Å². The van der Waals surface area contributed by atoms with E-state index in [4.69, 9.17) is 4.74 Å². The molecule has 7 heteroatoms. The third-order valence-electron chi connectivity index (χ3n) is 4.85. The number of aromatic nitrogens is 2. The highest BCUT2D eigenvalue weighted by atomic mass is 32.1. The van der Waals surface area contributed by atoms with Crippen molar-refractivity contribution in [1.82, 2.24) is 14.5 Å². The van der Waals surface area contributed by atoms with E-state index in [0.717, 1.165) is 25.0 Å². The Bertz CT molecular complexity index is 1010. The summed E-state index contributed by atoms with van der Waals surface area (Å²) in [4.78, 5) is 31.5. The monoisotopic (exact) mass is 383 g/mol. The number of aryl methyl sites for hydroxylation is 1. The summed E-state index contributed by atoms with van der Waals surface area (Å²) in [6, 6.07) is 7.14. The zero-order chi connectivity index (χ0) is 18.8. The molecular weight excluding hydrogens is 362 g/mol. The van der Waals surface area contributed by atoms with Crippen molar-refractivity contribution in [3.05, 3.63) is 62.8 Å². The maximum atomic E-state index is 13.2. The molecule has 2 aromatic heterocycles. The largest absolute Gasteiger partial charge is 0.376 e. The highest BCUT2D eigenvalue weighted by molar-refractivity contribution is 7.07. The lowest BCUT2D eigenvalue weighted by molar-refractivity contribution is 0.0507. The molecule has 0 saturated carbocycles. The summed E-state index contributed by atoms with van der Waals surface area (Å²) in [7, 11) is 1.66. The van der Waals surface area contributed by atoms with E-state index in [1.807, 2.05) is 16.3 Å². The minimum absolute atomic E-state index is 0.0684. The summed E-state index contributed by atoms with van der Waals surface area (Å²) in [6.07, 6.45) is 3.57. The van der Waals surface area contributed by atoms with Gasteiger partial charge in [0.05, 0.1) is 23.3 Å². The van der Waals surface area contributed by atoms with E-state index in [1.54, 1.807) is 36.6 Å². The van der Waals surface area contributed by atoms with Crippen LogP contribution in [-0.4, -0.2) is 39.6 Å². The van der Waals surface area contributed by atoms with Crippen LogP contribution in [0.5, 0.6) is 0 Å². The van der Waals surface area contributed by atoms with Crippen LogP contribution in [0.15, 0.2) is 46.1 Å². The van der Waals surface area contributed by atoms with Crippen LogP contribution in [0, 0.1) is 0 Å². The molecule has 1 saturated heterocycles. The van der Waals surface area contributed by atoms with Gasteiger partial charge in [0.15, 0.2) is 0 Å². The van der Waals surface area contributed by atoms with Gasteiger partial charge in [-0.2, -0.15) is 11.3 Å². The summed E-state index contributed by atoms with van der Waals surface area (Å²) in [5.74, 6) is -0.0684. The second-order valence-corrected chi connectivity index (χ2v) is 7.62. The van der Waals surface area contributed by atoms with Crippen LogP contribution in [0.2, 0.25) is 0 Å². The first-order chi connectivity index (χ1) is 13.1. The number of amides is 1. The topological polar surface area (TPSA) is 64.4 Å². The molecule has 3 aromatic rings. The summed E-state index contributed by atoms with van der Waals surface area (Å²) in [6.45, 7) is 1.87. The molecule has 6 nitrogen and oxygen atoms in total. The number of ether oxygens (including phenoxy) is 1. The predicted octanol–water partition coefficient (Wildman–Crippen LogP) is 2.82. The first-order valence-electron chi connectivity index (χ1n) is 8.99. The van der Waals surface area contributed by atoms with Crippen LogP contribution in [0.3, 0.4) is 0 Å². The maximum absolute atomic E-state index is 13.2. The van der Waals surface area contributed by atoms with Gasteiger partial charge in [0.25, 0.3) is 11.5 Å². The minimum atomic E-state index is -0.117. The fraction of sp³-hybridized carbons (Fsp3) is 0.350. The van der Waals surface area contributed by atoms with E-state index < -0.39 is 0 Å². The van der Waals surface area contributed by atoms with Crippen LogP contribution < -0.4 is 5.56 Å². The number of carbonyl (C=O) groups excluding carboxylic acids is 1. The fourth-order valence-electron chi connectivity index (χ4n) is 3.38. The summed E-state index contributed by atoms with van der Waals surface area (Å²) < 4.78 is 7.17. The number of hydrogen-bond donors (Lipinski definition) is 0. The average molecular weight is 383 g/mol. The van der Waals surface area contributed by atoms with Crippen molar-refractivity contribution in [2.24, 2.45) is 7.05 Å². The van der Waals surface area contributed by atoms with Crippen LogP contribution in [-0.2, 0) is 18.3 Å². The number of carbonyl (C=O) groups is 1. The molecule has 27 heavy (non-hydrogen) atoms. The lowest BCUT2D eigenvalue weighted by Crippen LogP contribution is -2.36. The second kappa shape index (κ2) is 7.62. The first kappa shape index (κ1) is 17.9. The third kappa shape index (κ3) is 3.79. The Balaban J connectivity index is 1.64. The van der Waals surface area contributed by atoms with Gasteiger partial charge < -0.3 is 14.2 Å². The van der Waals surface area contributed by atoms with E-state index in [9.17, 15) is 9.59 Å². The van der Waals surface area contributed by atoms with E-state index in [1.165, 1.54) is 10.9 Å². The quantitative estimate of drug-likeness (QED) is 0.680. The molecular formula is C20H21N3O3S. The molecule has 0 bridgehead atoms. The van der Waals surface area contributed by atoms with Crippen molar-refractivity contribution in [2.45, 2.75) is 25.5 Å². The van der Waals surface area contributed by atoms with E-state index in [2.05, 4.69) is 10.4 Å². The number of hydrogen-bond acceptors (Lipinski definition) is 5. The lowest BCUT2D eigenvalue weighted by atomic mass is 10.1. The SMILES string of the molecule is Cn1cnc2cc(C(=O)N(Cc3ccsc3)CC3CCCO3)ccc2c1=O. The molecule has 0 aliphatic carbocycles. The average Bonchev–Trinajstić information content (AvgIpc) is 3.37. The van der Waals surface area contributed by atoms with Crippen molar-refractivity contribution in [3.63, 3.8) is 0 Å². The molecule has 1 amide bonds. The highest BCUT2D eigenvalue weighted by Crippen LogP contribution is 2.19. The Kier molecular flexibility index (Phi) is 5.05. The van der Waals surface area contributed by atoms with Crippen LogP contribution in [0.4, 0.5) is 0 Å². The van der Waals surface area contributed by atoms with Gasteiger partial charge >= 0.3 is 0 Å². The fourth-order valence-corrected chi connectivity index (χ4v) is 4.04. The van der Waals surface area contributed by atoms with Gasteiger partial charge in [0.2, 0.25) is 0 Å². The molecule has 1 fully saturated rings. The number of fused-ring (bicyclic) bond motifs is 1. The Morgan fingerprint density at radius 2 is 2.30 bits per heavy atom. The lowest BCUT2D eigenvalue weighted by Gasteiger charge is -2.25. The van der Waals surface area contributed by atoms with E-state index in [-0.39, 0.29) is 17.6 Å². The molecule has 1 unspecified atom stereocenters. The van der Waals surface area contributed by atoms with E-state index in [0.29, 0.717) is 29.6 Å². The molecule has 4 rings (SSSR count). The van der Waals surface area contributed by atoms with Crippen molar-refractivity contribution in [1.29, 1.82) is 0 Å². The van der Waals surface area contributed by atoms with Crippen LogP contribution >= 0.6 is 11.3 Å². The molecule has 140 valence electrons. The van der Waals surface area contributed by atoms with Gasteiger partial charge in [0.1, 0.15) is 0 Å². The smallest absolute Gasteiger partial charge is 0.260 e. The Morgan fingerprint density at radius 1 is 1.41 bits per heavy atom. The molecule has 0 radical (unpaired) electrons. The third-order valence-corrected chi connectivity index (χ3v) is 5.59. The zero-order valence-corrected chi connectivity index (χ0v) is 15.9. The van der Waals surface area contributed by atoms with E-state index >= 15 is 0 Å². The van der Waals surface area contributed by atoms with Gasteiger partial charge in [-0.15, -0.1) is 0 Å². The molecule has 0 N–H and O–H groups in total. The van der Waals surface area contributed by atoms with Gasteiger partial charge in [-0.3, -0.25) is 9.59 Å². The van der Waals surface area contributed by atoms with Crippen molar-refractivity contribution in [2.75, 3.05) is 13.2 Å². The Labute approximate surface area is 161 Å². The number of benzene rings is 1. The molecule has 1 aromatic carbocycles. The summed E-state index contributed by atoms with van der Waals surface area (Å²) in [5, 5.41) is 4.58. The maximum Gasteiger partial charge on any atom is 0.260 e. The van der Waals surface area contributed by atoms with Gasteiger partial charge in [-0.25, -0.2) is 4.98 Å². The predicted molar refractivity (Wildman–Crippen MR) is 105 cm³/mol. The van der Waals surface area contributed by atoms with Crippen molar-refractivity contribution >= 4 is 28.1 Å². The standard InChI is InChI=1S/C20H21N3O3S/c1-22-13-21-18-9-15(4-5-17(18)20(22)25)19(24)23(10-14-6-8-27-12-14)11-16-3-2-7-26-16/h4-6,8-9,12-13,16H,2-3,7,10-11H2,1H3. The molecule has 0 spiro atoms. The molecule has 1 aliphatic heterocycles. The number of rotatable bonds is 5.